The van der Waals surface area contributed by atoms with Gasteiger partial charge in [-0.1, -0.05) is 6.07 Å². The predicted octanol–water partition coefficient (Wildman–Crippen LogP) is 0.722. The van der Waals surface area contributed by atoms with Crippen molar-refractivity contribution in [2.24, 2.45) is 0 Å². The van der Waals surface area contributed by atoms with Crippen molar-refractivity contribution in [2.75, 3.05) is 13.1 Å². The van der Waals surface area contributed by atoms with E-state index in [0.717, 1.165) is 37.7 Å². The van der Waals surface area contributed by atoms with Gasteiger partial charge >= 0.3 is 0 Å². The highest BCUT2D eigenvalue weighted by atomic mass is 32.2. The Morgan fingerprint density at radius 1 is 1.26 bits per heavy atom. The molecule has 1 saturated heterocycles. The van der Waals surface area contributed by atoms with E-state index in [1.54, 1.807) is 18.2 Å². The number of nitrogens with zero attached hydrogens (tertiary/aromatic N) is 2. The van der Waals surface area contributed by atoms with E-state index >= 15 is 0 Å². The smallest absolute Gasteiger partial charge is 0.243 e. The summed E-state index contributed by atoms with van der Waals surface area (Å²) in [6, 6.07) is 5.03. The van der Waals surface area contributed by atoms with Gasteiger partial charge in [0.25, 0.3) is 0 Å². The summed E-state index contributed by atoms with van der Waals surface area (Å²) in [5.41, 5.74) is 1.08. The van der Waals surface area contributed by atoms with Gasteiger partial charge in [-0.2, -0.15) is 8.75 Å². The molecule has 0 atom stereocenters. The normalized spacial score (nSPS) is 17.9. The molecule has 0 amide bonds. The van der Waals surface area contributed by atoms with Crippen LogP contribution in [0.15, 0.2) is 23.1 Å². The molecule has 1 aromatic carbocycles. The molecular weight excluding hydrogens is 284 g/mol. The molecule has 1 aliphatic heterocycles. The predicted molar refractivity (Wildman–Crippen MR) is 73.6 cm³/mol. The third kappa shape index (κ3) is 2.62. The van der Waals surface area contributed by atoms with Gasteiger partial charge in [0.05, 0.1) is 11.7 Å². The van der Waals surface area contributed by atoms with Crippen LogP contribution < -0.4 is 10.0 Å². The molecule has 3 rings (SSSR count). The van der Waals surface area contributed by atoms with E-state index in [1.165, 1.54) is 0 Å². The highest BCUT2D eigenvalue weighted by molar-refractivity contribution is 7.89. The summed E-state index contributed by atoms with van der Waals surface area (Å²) in [5.74, 6) is 0. The number of rotatable bonds is 3. The van der Waals surface area contributed by atoms with E-state index in [9.17, 15) is 8.42 Å². The van der Waals surface area contributed by atoms with Gasteiger partial charge in [-0.3, -0.25) is 0 Å². The second-order valence-corrected chi connectivity index (χ2v) is 6.74. The quantitative estimate of drug-likeness (QED) is 0.872. The van der Waals surface area contributed by atoms with E-state index < -0.39 is 10.0 Å². The van der Waals surface area contributed by atoms with E-state index in [2.05, 4.69) is 18.8 Å². The summed E-state index contributed by atoms with van der Waals surface area (Å²) in [5, 5.41) is 3.21. The molecule has 2 heterocycles. The summed E-state index contributed by atoms with van der Waals surface area (Å²) in [4.78, 5) is 0.220. The van der Waals surface area contributed by atoms with Crippen LogP contribution in [0.5, 0.6) is 0 Å². The van der Waals surface area contributed by atoms with Crippen LogP contribution in [0.2, 0.25) is 0 Å². The Labute approximate surface area is 115 Å². The number of nitrogens with one attached hydrogen (secondary N) is 2. The third-order valence-corrected chi connectivity index (χ3v) is 5.29. The van der Waals surface area contributed by atoms with Gasteiger partial charge in [-0.05, 0) is 38.1 Å². The molecule has 1 fully saturated rings. The van der Waals surface area contributed by atoms with Gasteiger partial charge in [-0.15, -0.1) is 0 Å². The van der Waals surface area contributed by atoms with Crippen molar-refractivity contribution in [3.05, 3.63) is 18.2 Å². The summed E-state index contributed by atoms with van der Waals surface area (Å²) >= 11 is 1.03. The Bertz CT molecular complexity index is 677. The molecule has 0 saturated carbocycles. The number of hydrogen-bond acceptors (Lipinski definition) is 6. The third-order valence-electron chi connectivity index (χ3n) is 3.20. The minimum atomic E-state index is -3.53. The molecule has 8 heteroatoms. The minimum absolute atomic E-state index is 0.00639. The first-order valence-electron chi connectivity index (χ1n) is 6.11. The van der Waals surface area contributed by atoms with E-state index in [-0.39, 0.29) is 10.9 Å². The number of piperidine rings is 1. The summed E-state index contributed by atoms with van der Waals surface area (Å²) in [6.07, 6.45) is 1.62. The maximum atomic E-state index is 12.4. The monoisotopic (exact) mass is 298 g/mol. The van der Waals surface area contributed by atoms with Crippen molar-refractivity contribution in [1.29, 1.82) is 0 Å². The maximum Gasteiger partial charge on any atom is 0.243 e. The standard InChI is InChI=1S/C11H14N4O2S2/c16-19(17,15-8-4-6-12-7-5-8)10-3-1-2-9-11(10)14-18-13-9/h1-3,8,12,15H,4-7H2. The molecule has 102 valence electrons. The SMILES string of the molecule is O=S(=O)(NC1CCNCC1)c1cccc2nsnc12. The van der Waals surface area contributed by atoms with Crippen LogP contribution >= 0.6 is 11.7 Å². The first-order chi connectivity index (χ1) is 9.17. The van der Waals surface area contributed by atoms with E-state index in [4.69, 9.17) is 0 Å². The molecular formula is C11H14N4O2S2. The van der Waals surface area contributed by atoms with Crippen LogP contribution in [0.4, 0.5) is 0 Å². The lowest BCUT2D eigenvalue weighted by molar-refractivity contribution is 0.427. The lowest BCUT2D eigenvalue weighted by Crippen LogP contribution is -2.42. The van der Waals surface area contributed by atoms with Crippen molar-refractivity contribution in [1.82, 2.24) is 18.8 Å². The van der Waals surface area contributed by atoms with E-state index in [1.807, 2.05) is 0 Å². The lowest BCUT2D eigenvalue weighted by Gasteiger charge is -2.23. The Kier molecular flexibility index (Phi) is 3.48. The molecule has 6 nitrogen and oxygen atoms in total. The van der Waals surface area contributed by atoms with Gasteiger partial charge in [-0.25, -0.2) is 13.1 Å². The topological polar surface area (TPSA) is 84.0 Å². The molecule has 0 spiro atoms. The Hall–Kier alpha value is -1.09. The Balaban J connectivity index is 1.93. The van der Waals surface area contributed by atoms with Gasteiger partial charge in [0, 0.05) is 6.04 Å². The number of sulfonamides is 1. The second kappa shape index (κ2) is 5.12. The Morgan fingerprint density at radius 2 is 2.05 bits per heavy atom. The van der Waals surface area contributed by atoms with Crippen LogP contribution in [0, 0.1) is 0 Å². The minimum Gasteiger partial charge on any atom is -0.317 e. The maximum absolute atomic E-state index is 12.4. The lowest BCUT2D eigenvalue weighted by atomic mass is 10.1. The summed E-state index contributed by atoms with van der Waals surface area (Å²) < 4.78 is 35.7. The molecule has 2 N–H and O–H groups in total. The van der Waals surface area contributed by atoms with Gasteiger partial charge in [0.1, 0.15) is 15.9 Å². The number of aromatic nitrogens is 2. The fourth-order valence-electron chi connectivity index (χ4n) is 2.22. The van der Waals surface area contributed by atoms with Crippen LogP contribution in [-0.4, -0.2) is 36.3 Å². The molecule has 1 aliphatic rings. The van der Waals surface area contributed by atoms with Gasteiger partial charge in [0.2, 0.25) is 10.0 Å². The molecule has 0 aliphatic carbocycles. The fourth-order valence-corrected chi connectivity index (χ4v) is 4.29. The molecule has 0 bridgehead atoms. The average Bonchev–Trinajstić information content (AvgIpc) is 2.87. The zero-order valence-corrected chi connectivity index (χ0v) is 11.8. The van der Waals surface area contributed by atoms with Crippen LogP contribution in [0.25, 0.3) is 11.0 Å². The number of hydrogen-bond donors (Lipinski definition) is 2. The van der Waals surface area contributed by atoms with Crippen LogP contribution in [-0.2, 0) is 10.0 Å². The van der Waals surface area contributed by atoms with E-state index in [0.29, 0.717) is 11.0 Å². The zero-order valence-electron chi connectivity index (χ0n) is 10.2. The van der Waals surface area contributed by atoms with Crippen LogP contribution in [0.1, 0.15) is 12.8 Å². The van der Waals surface area contributed by atoms with Crippen LogP contribution in [0.3, 0.4) is 0 Å². The van der Waals surface area contributed by atoms with Gasteiger partial charge < -0.3 is 5.32 Å². The molecule has 19 heavy (non-hydrogen) atoms. The molecule has 2 aromatic rings. The molecule has 0 unspecified atom stereocenters. The average molecular weight is 298 g/mol. The Morgan fingerprint density at radius 3 is 2.84 bits per heavy atom. The largest absolute Gasteiger partial charge is 0.317 e. The number of fused-ring (bicyclic) bond motifs is 1. The highest BCUT2D eigenvalue weighted by Crippen LogP contribution is 2.21. The fraction of sp³-hybridized carbons (Fsp3) is 0.455. The van der Waals surface area contributed by atoms with Gasteiger partial charge in [0.15, 0.2) is 0 Å². The summed E-state index contributed by atoms with van der Waals surface area (Å²) in [6.45, 7) is 1.69. The zero-order chi connectivity index (χ0) is 13.3. The first-order valence-corrected chi connectivity index (χ1v) is 8.32. The second-order valence-electron chi connectivity index (χ2n) is 4.53. The van der Waals surface area contributed by atoms with Crippen molar-refractivity contribution in [2.45, 2.75) is 23.8 Å². The van der Waals surface area contributed by atoms with Crippen molar-refractivity contribution < 1.29 is 8.42 Å². The molecule has 1 aromatic heterocycles. The molecule has 0 radical (unpaired) electrons. The summed E-state index contributed by atoms with van der Waals surface area (Å²) in [7, 11) is -3.53. The van der Waals surface area contributed by atoms with Crippen molar-refractivity contribution >= 4 is 32.8 Å². The number of benzene rings is 1. The first kappa shape index (κ1) is 12.9. The van der Waals surface area contributed by atoms with Crippen molar-refractivity contribution in [3.8, 4) is 0 Å². The highest BCUT2D eigenvalue weighted by Gasteiger charge is 2.24. The van der Waals surface area contributed by atoms with Crippen molar-refractivity contribution in [3.63, 3.8) is 0 Å².